The Balaban J connectivity index is 2.15. The number of benzene rings is 2. The number of aromatic nitrogens is 2. The first-order valence-corrected chi connectivity index (χ1v) is 6.00. The fraction of sp³-hybridized carbons (Fsp3) is 0.0625. The summed E-state index contributed by atoms with van der Waals surface area (Å²) in [5, 5.41) is 5.64. The number of rotatable bonds is 3. The van der Waals surface area contributed by atoms with Gasteiger partial charge in [0, 0.05) is 5.39 Å². The normalized spacial score (nSPS) is 12.4. The molecule has 1 aromatic heterocycles. The smallest absolute Gasteiger partial charge is 0.0954 e. The molecular formula is C16H14N2. The van der Waals surface area contributed by atoms with Crippen LogP contribution in [0.4, 0.5) is 0 Å². The highest BCUT2D eigenvalue weighted by atomic mass is 15.3. The summed E-state index contributed by atoms with van der Waals surface area (Å²) in [5.41, 5.74) is 2.33. The van der Waals surface area contributed by atoms with Crippen LogP contribution in [0.2, 0.25) is 0 Å². The zero-order valence-electron chi connectivity index (χ0n) is 10.0. The molecule has 0 fully saturated rings. The lowest BCUT2D eigenvalue weighted by molar-refractivity contribution is 0.634. The van der Waals surface area contributed by atoms with E-state index >= 15 is 0 Å². The van der Waals surface area contributed by atoms with Gasteiger partial charge in [0.05, 0.1) is 17.8 Å². The van der Waals surface area contributed by atoms with Crippen molar-refractivity contribution >= 4 is 10.9 Å². The molecule has 1 atom stereocenters. The van der Waals surface area contributed by atoms with E-state index < -0.39 is 0 Å². The van der Waals surface area contributed by atoms with Gasteiger partial charge in [-0.15, -0.1) is 6.58 Å². The molecule has 0 saturated carbocycles. The van der Waals surface area contributed by atoms with E-state index in [1.54, 1.807) is 0 Å². The van der Waals surface area contributed by atoms with Crippen molar-refractivity contribution in [1.82, 2.24) is 9.78 Å². The summed E-state index contributed by atoms with van der Waals surface area (Å²) in [6, 6.07) is 18.6. The van der Waals surface area contributed by atoms with E-state index in [4.69, 9.17) is 0 Å². The van der Waals surface area contributed by atoms with Gasteiger partial charge in [-0.05, 0) is 11.6 Å². The van der Waals surface area contributed by atoms with Gasteiger partial charge in [0.2, 0.25) is 0 Å². The monoisotopic (exact) mass is 234 g/mol. The summed E-state index contributed by atoms with van der Waals surface area (Å²) in [6.45, 7) is 3.94. The number of allylic oxidation sites excluding steroid dienone is 1. The van der Waals surface area contributed by atoms with Crippen LogP contribution in [0, 0.1) is 0 Å². The molecule has 3 rings (SSSR count). The minimum Gasteiger partial charge on any atom is -0.254 e. The Kier molecular flexibility index (Phi) is 2.69. The van der Waals surface area contributed by atoms with E-state index in [1.807, 2.05) is 47.3 Å². The van der Waals surface area contributed by atoms with Crippen LogP contribution < -0.4 is 0 Å². The van der Waals surface area contributed by atoms with Gasteiger partial charge >= 0.3 is 0 Å². The second-order valence-electron chi connectivity index (χ2n) is 4.24. The molecule has 0 aliphatic carbocycles. The Morgan fingerprint density at radius 3 is 2.50 bits per heavy atom. The second-order valence-corrected chi connectivity index (χ2v) is 4.24. The zero-order valence-corrected chi connectivity index (χ0v) is 10.0. The summed E-state index contributed by atoms with van der Waals surface area (Å²) in [4.78, 5) is 0. The summed E-state index contributed by atoms with van der Waals surface area (Å²) in [5.74, 6) is 0. The summed E-state index contributed by atoms with van der Waals surface area (Å²) in [7, 11) is 0. The number of para-hydroxylation sites is 1. The quantitative estimate of drug-likeness (QED) is 0.630. The molecule has 0 radical (unpaired) electrons. The van der Waals surface area contributed by atoms with Crippen LogP contribution in [0.25, 0.3) is 10.9 Å². The molecule has 0 aliphatic rings. The van der Waals surface area contributed by atoms with Gasteiger partial charge in [0.25, 0.3) is 0 Å². The van der Waals surface area contributed by atoms with Gasteiger partial charge in [0.1, 0.15) is 0 Å². The first kappa shape index (κ1) is 10.8. The maximum Gasteiger partial charge on any atom is 0.0954 e. The van der Waals surface area contributed by atoms with Crippen molar-refractivity contribution in [1.29, 1.82) is 0 Å². The van der Waals surface area contributed by atoms with Gasteiger partial charge in [-0.25, -0.2) is 0 Å². The first-order valence-electron chi connectivity index (χ1n) is 6.00. The fourth-order valence-corrected chi connectivity index (χ4v) is 2.24. The molecule has 0 aliphatic heterocycles. The third-order valence-electron chi connectivity index (χ3n) is 3.13. The molecule has 18 heavy (non-hydrogen) atoms. The molecular weight excluding hydrogens is 220 g/mol. The van der Waals surface area contributed by atoms with Gasteiger partial charge in [-0.3, -0.25) is 4.68 Å². The Morgan fingerprint density at radius 2 is 1.72 bits per heavy atom. The van der Waals surface area contributed by atoms with Crippen molar-refractivity contribution in [3.63, 3.8) is 0 Å². The Hall–Kier alpha value is -2.35. The predicted octanol–water partition coefficient (Wildman–Crippen LogP) is 3.81. The van der Waals surface area contributed by atoms with Gasteiger partial charge in [-0.2, -0.15) is 5.10 Å². The molecule has 1 heterocycles. The van der Waals surface area contributed by atoms with Crippen molar-refractivity contribution in [2.45, 2.75) is 6.04 Å². The minimum absolute atomic E-state index is 0.0751. The molecule has 2 nitrogen and oxygen atoms in total. The van der Waals surface area contributed by atoms with E-state index in [9.17, 15) is 0 Å². The molecule has 0 N–H and O–H groups in total. The van der Waals surface area contributed by atoms with Gasteiger partial charge in [-0.1, -0.05) is 54.6 Å². The van der Waals surface area contributed by atoms with Crippen LogP contribution in [-0.4, -0.2) is 9.78 Å². The van der Waals surface area contributed by atoms with Crippen LogP contribution >= 0.6 is 0 Å². The highest BCUT2D eigenvalue weighted by Gasteiger charge is 2.12. The number of fused-ring (bicyclic) bond motifs is 1. The van der Waals surface area contributed by atoms with E-state index in [1.165, 1.54) is 5.56 Å². The summed E-state index contributed by atoms with van der Waals surface area (Å²) >= 11 is 0. The lowest BCUT2D eigenvalue weighted by Gasteiger charge is -2.14. The molecule has 0 bridgehead atoms. The highest BCUT2D eigenvalue weighted by Crippen LogP contribution is 2.23. The lowest BCUT2D eigenvalue weighted by Crippen LogP contribution is -2.09. The highest BCUT2D eigenvalue weighted by molar-refractivity contribution is 5.78. The van der Waals surface area contributed by atoms with E-state index in [0.29, 0.717) is 0 Å². The van der Waals surface area contributed by atoms with E-state index in [2.05, 4.69) is 35.9 Å². The molecule has 0 amide bonds. The largest absolute Gasteiger partial charge is 0.254 e. The maximum atomic E-state index is 4.49. The predicted molar refractivity (Wildman–Crippen MR) is 74.5 cm³/mol. The topological polar surface area (TPSA) is 17.8 Å². The lowest BCUT2D eigenvalue weighted by atomic mass is 10.1. The van der Waals surface area contributed by atoms with Crippen LogP contribution in [0.5, 0.6) is 0 Å². The van der Waals surface area contributed by atoms with Crippen LogP contribution in [0.1, 0.15) is 11.6 Å². The van der Waals surface area contributed by atoms with Crippen molar-refractivity contribution in [3.8, 4) is 0 Å². The van der Waals surface area contributed by atoms with E-state index in [0.717, 1.165) is 10.9 Å². The van der Waals surface area contributed by atoms with Crippen molar-refractivity contribution in [2.75, 3.05) is 0 Å². The second kappa shape index (κ2) is 4.49. The molecule has 2 heteroatoms. The standard InChI is InChI=1S/C16H14N2/c1-2-15(13-8-4-3-5-9-13)18-16-11-7-6-10-14(16)12-17-18/h2-12,15H,1H2. The van der Waals surface area contributed by atoms with Gasteiger partial charge in [0.15, 0.2) is 0 Å². The maximum absolute atomic E-state index is 4.49. The first-order chi connectivity index (χ1) is 8.90. The molecule has 88 valence electrons. The summed E-state index contributed by atoms with van der Waals surface area (Å²) in [6.07, 6.45) is 3.82. The van der Waals surface area contributed by atoms with Crippen LogP contribution in [0.3, 0.4) is 0 Å². The molecule has 2 aromatic carbocycles. The third kappa shape index (κ3) is 1.72. The van der Waals surface area contributed by atoms with Crippen molar-refractivity contribution < 1.29 is 0 Å². The number of hydrogen-bond acceptors (Lipinski definition) is 1. The number of nitrogens with zero attached hydrogens (tertiary/aromatic N) is 2. The Bertz CT molecular complexity index is 668. The molecule has 3 aromatic rings. The zero-order chi connectivity index (χ0) is 12.4. The molecule has 0 spiro atoms. The average Bonchev–Trinajstić information content (AvgIpc) is 2.85. The average molecular weight is 234 g/mol. The van der Waals surface area contributed by atoms with Crippen LogP contribution in [0.15, 0.2) is 73.4 Å². The minimum atomic E-state index is 0.0751. The fourth-order valence-electron chi connectivity index (χ4n) is 2.24. The molecule has 1 unspecified atom stereocenters. The van der Waals surface area contributed by atoms with Gasteiger partial charge < -0.3 is 0 Å². The van der Waals surface area contributed by atoms with Crippen molar-refractivity contribution in [2.24, 2.45) is 0 Å². The number of hydrogen-bond donors (Lipinski definition) is 0. The Morgan fingerprint density at radius 1 is 1.00 bits per heavy atom. The van der Waals surface area contributed by atoms with E-state index in [-0.39, 0.29) is 6.04 Å². The Labute approximate surface area is 106 Å². The van der Waals surface area contributed by atoms with Crippen LogP contribution in [-0.2, 0) is 0 Å². The molecule has 0 saturated heterocycles. The van der Waals surface area contributed by atoms with Crippen molar-refractivity contribution in [3.05, 3.63) is 79.0 Å². The SMILES string of the molecule is C=CC(c1ccccc1)n1ncc2ccccc21. The summed E-state index contributed by atoms with van der Waals surface area (Å²) < 4.78 is 2.01. The third-order valence-corrected chi connectivity index (χ3v) is 3.13.